The summed E-state index contributed by atoms with van der Waals surface area (Å²) >= 11 is 0. The van der Waals surface area contributed by atoms with Gasteiger partial charge in [0.2, 0.25) is 0 Å². The summed E-state index contributed by atoms with van der Waals surface area (Å²) in [4.78, 5) is 2.18. The van der Waals surface area contributed by atoms with Crippen molar-refractivity contribution in [2.24, 2.45) is 17.3 Å². The molecule has 0 aliphatic heterocycles. The Morgan fingerprint density at radius 1 is 1.14 bits per heavy atom. The van der Waals surface area contributed by atoms with Crippen molar-refractivity contribution >= 4 is 5.69 Å². The van der Waals surface area contributed by atoms with Crippen LogP contribution in [0.2, 0.25) is 0 Å². The van der Waals surface area contributed by atoms with Gasteiger partial charge in [-0.2, -0.15) is 0 Å². The fourth-order valence-corrected chi connectivity index (χ4v) is 3.40. The van der Waals surface area contributed by atoms with E-state index in [1.54, 1.807) is 12.1 Å². The van der Waals surface area contributed by atoms with Gasteiger partial charge in [-0.15, -0.1) is 0 Å². The number of aliphatic hydroxyl groups is 1. The number of hydrogen-bond donors (Lipinski definition) is 2. The Kier molecular flexibility index (Phi) is 4.82. The van der Waals surface area contributed by atoms with E-state index in [1.165, 1.54) is 0 Å². The maximum absolute atomic E-state index is 10.3. The van der Waals surface area contributed by atoms with E-state index in [2.05, 4.69) is 32.7 Å². The fourth-order valence-electron chi connectivity index (χ4n) is 3.40. The molecule has 21 heavy (non-hydrogen) atoms. The Bertz CT molecular complexity index is 449. The number of phenolic OH excluding ortho intramolecular Hbond substituents is 1. The van der Waals surface area contributed by atoms with Crippen molar-refractivity contribution in [2.75, 3.05) is 18.5 Å². The van der Waals surface area contributed by atoms with Crippen LogP contribution in [0.4, 0.5) is 5.69 Å². The Labute approximate surface area is 128 Å². The van der Waals surface area contributed by atoms with Crippen molar-refractivity contribution < 1.29 is 10.2 Å². The summed E-state index contributed by atoms with van der Waals surface area (Å²) in [5.41, 5.74) is 1.40. The standard InChI is InChI=1S/C18H29NO2/c1-18(2,3)14-5-10-17(21)13(11-14)12-19(4)15-6-8-16(20)9-7-15/h6-9,13-14,17,20-21H,5,10-12H2,1-4H3. The van der Waals surface area contributed by atoms with Crippen LogP contribution in [0, 0.1) is 17.3 Å². The highest BCUT2D eigenvalue weighted by molar-refractivity contribution is 5.48. The molecule has 1 fully saturated rings. The lowest BCUT2D eigenvalue weighted by Gasteiger charge is -2.41. The summed E-state index contributed by atoms with van der Waals surface area (Å²) in [7, 11) is 2.06. The lowest BCUT2D eigenvalue weighted by atomic mass is 9.68. The van der Waals surface area contributed by atoms with Crippen molar-refractivity contribution in [2.45, 2.75) is 46.1 Å². The van der Waals surface area contributed by atoms with Crippen molar-refractivity contribution in [1.29, 1.82) is 0 Å². The quantitative estimate of drug-likeness (QED) is 0.893. The third-order valence-electron chi connectivity index (χ3n) is 4.97. The Balaban J connectivity index is 2.01. The van der Waals surface area contributed by atoms with Gasteiger partial charge in [-0.25, -0.2) is 0 Å². The molecule has 1 aliphatic carbocycles. The predicted molar refractivity (Wildman–Crippen MR) is 87.7 cm³/mol. The molecule has 0 radical (unpaired) electrons. The van der Waals surface area contributed by atoms with Crippen LogP contribution in [0.25, 0.3) is 0 Å². The van der Waals surface area contributed by atoms with Crippen LogP contribution in [0.3, 0.4) is 0 Å². The molecule has 3 heteroatoms. The zero-order valence-corrected chi connectivity index (χ0v) is 13.7. The molecule has 3 nitrogen and oxygen atoms in total. The number of rotatable bonds is 3. The smallest absolute Gasteiger partial charge is 0.115 e. The second-order valence-corrected chi connectivity index (χ2v) is 7.60. The first-order valence-corrected chi connectivity index (χ1v) is 7.95. The van der Waals surface area contributed by atoms with E-state index in [0.717, 1.165) is 31.5 Å². The van der Waals surface area contributed by atoms with Crippen LogP contribution in [-0.4, -0.2) is 29.9 Å². The number of aliphatic hydroxyl groups excluding tert-OH is 1. The number of nitrogens with zero attached hydrogens (tertiary/aromatic N) is 1. The van der Waals surface area contributed by atoms with Gasteiger partial charge in [0.05, 0.1) is 6.10 Å². The highest BCUT2D eigenvalue weighted by atomic mass is 16.3. The van der Waals surface area contributed by atoms with E-state index in [9.17, 15) is 10.2 Å². The molecular weight excluding hydrogens is 262 g/mol. The highest BCUT2D eigenvalue weighted by Crippen LogP contribution is 2.40. The Morgan fingerprint density at radius 3 is 2.33 bits per heavy atom. The van der Waals surface area contributed by atoms with Crippen LogP contribution in [0.5, 0.6) is 5.75 Å². The van der Waals surface area contributed by atoms with Crippen LogP contribution in [0.15, 0.2) is 24.3 Å². The summed E-state index contributed by atoms with van der Waals surface area (Å²) in [6.07, 6.45) is 2.94. The van der Waals surface area contributed by atoms with Gasteiger partial charge in [-0.1, -0.05) is 20.8 Å². The molecule has 2 N–H and O–H groups in total. The van der Waals surface area contributed by atoms with Gasteiger partial charge in [0.25, 0.3) is 0 Å². The first-order valence-electron chi connectivity index (χ1n) is 7.95. The van der Waals surface area contributed by atoms with Gasteiger partial charge in [-0.05, 0) is 54.9 Å². The van der Waals surface area contributed by atoms with E-state index in [4.69, 9.17) is 0 Å². The monoisotopic (exact) mass is 291 g/mol. The minimum Gasteiger partial charge on any atom is -0.508 e. The summed E-state index contributed by atoms with van der Waals surface area (Å²) in [6.45, 7) is 7.76. The van der Waals surface area contributed by atoms with Crippen LogP contribution in [-0.2, 0) is 0 Å². The molecule has 1 aliphatic rings. The van der Waals surface area contributed by atoms with Gasteiger partial charge in [0.1, 0.15) is 5.75 Å². The van der Waals surface area contributed by atoms with Crippen molar-refractivity contribution in [1.82, 2.24) is 0 Å². The number of hydrogen-bond acceptors (Lipinski definition) is 3. The summed E-state index contributed by atoms with van der Waals surface area (Å²) in [6, 6.07) is 7.26. The summed E-state index contributed by atoms with van der Waals surface area (Å²) in [5, 5.41) is 19.7. The van der Waals surface area contributed by atoms with E-state index in [0.29, 0.717) is 17.3 Å². The first-order chi connectivity index (χ1) is 9.77. The van der Waals surface area contributed by atoms with Crippen LogP contribution >= 0.6 is 0 Å². The van der Waals surface area contributed by atoms with Crippen molar-refractivity contribution in [3.05, 3.63) is 24.3 Å². The SMILES string of the molecule is CN(CC1CC(C(C)(C)C)CCC1O)c1ccc(O)cc1. The molecule has 0 spiro atoms. The van der Waals surface area contributed by atoms with E-state index in [1.807, 2.05) is 12.1 Å². The molecule has 1 aromatic rings. The molecule has 2 rings (SSSR count). The molecule has 0 saturated heterocycles. The first kappa shape index (κ1) is 16.2. The molecule has 0 bridgehead atoms. The summed E-state index contributed by atoms with van der Waals surface area (Å²) < 4.78 is 0. The third-order valence-corrected chi connectivity index (χ3v) is 4.97. The zero-order chi connectivity index (χ0) is 15.6. The Morgan fingerprint density at radius 2 is 1.76 bits per heavy atom. The largest absolute Gasteiger partial charge is 0.508 e. The van der Waals surface area contributed by atoms with Gasteiger partial charge in [0, 0.05) is 25.2 Å². The van der Waals surface area contributed by atoms with E-state index < -0.39 is 0 Å². The maximum atomic E-state index is 10.3. The molecule has 1 saturated carbocycles. The van der Waals surface area contributed by atoms with Gasteiger partial charge in [-0.3, -0.25) is 0 Å². The van der Waals surface area contributed by atoms with Crippen molar-refractivity contribution in [3.63, 3.8) is 0 Å². The van der Waals surface area contributed by atoms with E-state index >= 15 is 0 Å². The lowest BCUT2D eigenvalue weighted by Crippen LogP contribution is -2.40. The van der Waals surface area contributed by atoms with Crippen LogP contribution < -0.4 is 4.90 Å². The molecule has 118 valence electrons. The lowest BCUT2D eigenvalue weighted by molar-refractivity contribution is 0.0229. The number of aromatic hydroxyl groups is 1. The minimum absolute atomic E-state index is 0.192. The predicted octanol–water partition coefficient (Wildman–Crippen LogP) is 3.65. The number of anilines is 1. The fraction of sp³-hybridized carbons (Fsp3) is 0.667. The van der Waals surface area contributed by atoms with Crippen LogP contribution in [0.1, 0.15) is 40.0 Å². The maximum Gasteiger partial charge on any atom is 0.115 e. The Hall–Kier alpha value is -1.22. The van der Waals surface area contributed by atoms with Gasteiger partial charge < -0.3 is 15.1 Å². The molecule has 3 atom stereocenters. The normalized spacial score (nSPS) is 26.6. The third kappa shape index (κ3) is 4.13. The molecule has 0 amide bonds. The molecule has 3 unspecified atom stereocenters. The second-order valence-electron chi connectivity index (χ2n) is 7.60. The average molecular weight is 291 g/mol. The van der Waals surface area contributed by atoms with Crippen molar-refractivity contribution in [3.8, 4) is 5.75 Å². The van der Waals surface area contributed by atoms with E-state index in [-0.39, 0.29) is 11.9 Å². The zero-order valence-electron chi connectivity index (χ0n) is 13.7. The number of benzene rings is 1. The minimum atomic E-state index is -0.192. The highest BCUT2D eigenvalue weighted by Gasteiger charge is 2.35. The van der Waals surface area contributed by atoms with Gasteiger partial charge >= 0.3 is 0 Å². The summed E-state index contributed by atoms with van der Waals surface area (Å²) in [5.74, 6) is 1.29. The number of phenols is 1. The molecule has 1 aromatic carbocycles. The molecule has 0 aromatic heterocycles. The second kappa shape index (κ2) is 6.27. The molecular formula is C18H29NO2. The van der Waals surface area contributed by atoms with Gasteiger partial charge in [0.15, 0.2) is 0 Å². The molecule has 0 heterocycles. The topological polar surface area (TPSA) is 43.7 Å². The average Bonchev–Trinajstić information content (AvgIpc) is 2.40.